The lowest BCUT2D eigenvalue weighted by atomic mass is 9.88. The molecule has 0 heterocycles. The highest BCUT2D eigenvalue weighted by Gasteiger charge is 2.24. The van der Waals surface area contributed by atoms with E-state index < -0.39 is 11.7 Å². The summed E-state index contributed by atoms with van der Waals surface area (Å²) < 4.78 is 14.4. The number of halogens is 2. The van der Waals surface area contributed by atoms with Crippen molar-refractivity contribution in [3.63, 3.8) is 0 Å². The van der Waals surface area contributed by atoms with E-state index in [0.717, 1.165) is 5.56 Å². The number of hydrogen-bond acceptors (Lipinski definition) is 2. The molecular weight excluding hydrogens is 321 g/mol. The van der Waals surface area contributed by atoms with Crippen LogP contribution < -0.4 is 0 Å². The smallest absolute Gasteiger partial charge is 0.174 e. The number of carbonyl (C=O) groups is 1. The Kier molecular flexibility index (Phi) is 4.65. The van der Waals surface area contributed by atoms with Crippen molar-refractivity contribution >= 4 is 21.7 Å². The molecule has 4 heteroatoms. The molecule has 0 spiro atoms. The number of Topliss-reactive ketones (excluding diaryl/α,β-unsaturated/α-hetero) is 1. The monoisotopic (exact) mass is 331 g/mol. The molecular formula is C16H11BrFNO. The fraction of sp³-hybridized carbons (Fsp3) is 0.125. The minimum absolute atomic E-state index is 0.00322. The summed E-state index contributed by atoms with van der Waals surface area (Å²) in [5.74, 6) is -1.60. The van der Waals surface area contributed by atoms with Gasteiger partial charge in [-0.05, 0) is 23.8 Å². The number of benzene rings is 2. The second-order valence-corrected chi connectivity index (χ2v) is 5.23. The third-order valence-corrected chi connectivity index (χ3v) is 3.50. The van der Waals surface area contributed by atoms with Gasteiger partial charge >= 0.3 is 0 Å². The minimum Gasteiger partial charge on any atom is -0.293 e. The molecule has 0 amide bonds. The number of carbonyl (C=O) groups excluding carboxylic acids is 1. The van der Waals surface area contributed by atoms with E-state index in [9.17, 15) is 9.18 Å². The zero-order chi connectivity index (χ0) is 14.5. The average Bonchev–Trinajstić information content (AvgIpc) is 2.47. The summed E-state index contributed by atoms with van der Waals surface area (Å²) in [5, 5.41) is 8.91. The first-order valence-electron chi connectivity index (χ1n) is 6.04. The third kappa shape index (κ3) is 3.12. The summed E-state index contributed by atoms with van der Waals surface area (Å²) in [6.45, 7) is 0. The Morgan fingerprint density at radius 2 is 1.95 bits per heavy atom. The van der Waals surface area contributed by atoms with Crippen molar-refractivity contribution in [3.05, 3.63) is 69.9 Å². The molecule has 0 saturated heterocycles. The van der Waals surface area contributed by atoms with Crippen molar-refractivity contribution < 1.29 is 9.18 Å². The molecule has 0 saturated carbocycles. The zero-order valence-corrected chi connectivity index (χ0v) is 12.1. The van der Waals surface area contributed by atoms with Crippen LogP contribution in [-0.4, -0.2) is 5.78 Å². The average molecular weight is 332 g/mol. The summed E-state index contributed by atoms with van der Waals surface area (Å²) in [5.41, 5.74) is 0.724. The maximum atomic E-state index is 13.8. The first-order valence-corrected chi connectivity index (χ1v) is 6.84. The highest BCUT2D eigenvalue weighted by molar-refractivity contribution is 9.10. The highest BCUT2D eigenvalue weighted by Crippen LogP contribution is 2.26. The van der Waals surface area contributed by atoms with Crippen LogP contribution in [0.4, 0.5) is 4.39 Å². The van der Waals surface area contributed by atoms with Crippen LogP contribution in [-0.2, 0) is 0 Å². The first-order chi connectivity index (χ1) is 9.63. The van der Waals surface area contributed by atoms with Gasteiger partial charge in [0.15, 0.2) is 5.78 Å². The molecule has 2 aromatic rings. The van der Waals surface area contributed by atoms with E-state index in [1.807, 2.05) is 12.1 Å². The van der Waals surface area contributed by atoms with Gasteiger partial charge in [0.05, 0.1) is 17.6 Å². The van der Waals surface area contributed by atoms with Crippen LogP contribution in [0.2, 0.25) is 0 Å². The SMILES string of the molecule is N#CCC(C(=O)c1cc(Br)ccc1F)c1ccccc1. The summed E-state index contributed by atoms with van der Waals surface area (Å²) in [4.78, 5) is 12.5. The van der Waals surface area contributed by atoms with Crippen LogP contribution in [0.1, 0.15) is 28.3 Å². The molecule has 0 aliphatic carbocycles. The molecule has 0 bridgehead atoms. The Morgan fingerprint density at radius 3 is 2.60 bits per heavy atom. The van der Waals surface area contributed by atoms with Gasteiger partial charge in [0.1, 0.15) is 5.82 Å². The van der Waals surface area contributed by atoms with E-state index in [4.69, 9.17) is 5.26 Å². The summed E-state index contributed by atoms with van der Waals surface area (Å²) in [7, 11) is 0. The molecule has 1 unspecified atom stereocenters. The Bertz CT molecular complexity index is 664. The molecule has 0 N–H and O–H groups in total. The van der Waals surface area contributed by atoms with Gasteiger partial charge in [-0.15, -0.1) is 0 Å². The van der Waals surface area contributed by atoms with E-state index >= 15 is 0 Å². The number of ketones is 1. The van der Waals surface area contributed by atoms with Gasteiger partial charge in [-0.3, -0.25) is 4.79 Å². The molecule has 0 fully saturated rings. The predicted octanol–water partition coefficient (Wildman–Crippen LogP) is 4.47. The van der Waals surface area contributed by atoms with Gasteiger partial charge in [0.2, 0.25) is 0 Å². The van der Waals surface area contributed by atoms with Crippen LogP contribution in [0.3, 0.4) is 0 Å². The molecule has 2 rings (SSSR count). The van der Waals surface area contributed by atoms with Crippen molar-refractivity contribution in [3.8, 4) is 6.07 Å². The van der Waals surface area contributed by atoms with Crippen molar-refractivity contribution in [1.82, 2.24) is 0 Å². The molecule has 0 aliphatic heterocycles. The number of nitrogens with zero attached hydrogens (tertiary/aromatic N) is 1. The molecule has 2 aromatic carbocycles. The Labute approximate surface area is 125 Å². The van der Waals surface area contributed by atoms with Gasteiger partial charge < -0.3 is 0 Å². The normalized spacial score (nSPS) is 11.7. The quantitative estimate of drug-likeness (QED) is 0.775. The maximum absolute atomic E-state index is 13.8. The standard InChI is InChI=1S/C16H11BrFNO/c17-12-6-7-15(18)14(10-12)16(20)13(8-9-19)11-4-2-1-3-5-11/h1-7,10,13H,8H2. The molecule has 20 heavy (non-hydrogen) atoms. The van der Waals surface area contributed by atoms with Crippen molar-refractivity contribution in [2.24, 2.45) is 0 Å². The van der Waals surface area contributed by atoms with Crippen LogP contribution in [0, 0.1) is 17.1 Å². The van der Waals surface area contributed by atoms with Gasteiger partial charge in [-0.25, -0.2) is 4.39 Å². The molecule has 0 aliphatic rings. The van der Waals surface area contributed by atoms with E-state index in [1.54, 1.807) is 24.3 Å². The maximum Gasteiger partial charge on any atom is 0.174 e. The van der Waals surface area contributed by atoms with Gasteiger partial charge in [-0.1, -0.05) is 46.3 Å². The lowest BCUT2D eigenvalue weighted by Gasteiger charge is -2.13. The molecule has 0 radical (unpaired) electrons. The Balaban J connectivity index is 2.42. The number of hydrogen-bond donors (Lipinski definition) is 0. The highest BCUT2D eigenvalue weighted by atomic mass is 79.9. The molecule has 0 aromatic heterocycles. The van der Waals surface area contributed by atoms with Gasteiger partial charge in [0.25, 0.3) is 0 Å². The van der Waals surface area contributed by atoms with Crippen LogP contribution in [0.15, 0.2) is 53.0 Å². The minimum atomic E-state index is -0.648. The van der Waals surface area contributed by atoms with Crippen LogP contribution >= 0.6 is 15.9 Å². The van der Waals surface area contributed by atoms with Gasteiger partial charge in [0, 0.05) is 10.9 Å². The van der Waals surface area contributed by atoms with Crippen molar-refractivity contribution in [1.29, 1.82) is 5.26 Å². The van der Waals surface area contributed by atoms with Crippen LogP contribution in [0.5, 0.6) is 0 Å². The zero-order valence-electron chi connectivity index (χ0n) is 10.5. The van der Waals surface area contributed by atoms with Crippen molar-refractivity contribution in [2.45, 2.75) is 12.3 Å². The summed E-state index contributed by atoms with van der Waals surface area (Å²) in [6, 6.07) is 15.2. The third-order valence-electron chi connectivity index (χ3n) is 3.01. The number of rotatable bonds is 4. The Morgan fingerprint density at radius 1 is 1.25 bits per heavy atom. The van der Waals surface area contributed by atoms with E-state index in [0.29, 0.717) is 4.47 Å². The van der Waals surface area contributed by atoms with Gasteiger partial charge in [-0.2, -0.15) is 5.26 Å². The second kappa shape index (κ2) is 6.44. The van der Waals surface area contributed by atoms with E-state index in [-0.39, 0.29) is 17.8 Å². The van der Waals surface area contributed by atoms with E-state index in [2.05, 4.69) is 15.9 Å². The summed E-state index contributed by atoms with van der Waals surface area (Å²) in [6.07, 6.45) is 0.0226. The molecule has 1 atom stereocenters. The topological polar surface area (TPSA) is 40.9 Å². The summed E-state index contributed by atoms with van der Waals surface area (Å²) >= 11 is 3.23. The largest absolute Gasteiger partial charge is 0.293 e. The lowest BCUT2D eigenvalue weighted by Crippen LogP contribution is -2.14. The fourth-order valence-corrected chi connectivity index (χ4v) is 2.37. The Hall–Kier alpha value is -1.99. The fourth-order valence-electron chi connectivity index (χ4n) is 2.01. The predicted molar refractivity (Wildman–Crippen MR) is 77.8 cm³/mol. The lowest BCUT2D eigenvalue weighted by molar-refractivity contribution is 0.0956. The van der Waals surface area contributed by atoms with E-state index in [1.165, 1.54) is 18.2 Å². The van der Waals surface area contributed by atoms with Crippen LogP contribution in [0.25, 0.3) is 0 Å². The molecule has 100 valence electrons. The second-order valence-electron chi connectivity index (χ2n) is 4.31. The number of nitriles is 1. The molecule has 2 nitrogen and oxygen atoms in total. The first kappa shape index (κ1) is 14.4. The van der Waals surface area contributed by atoms with Crippen molar-refractivity contribution in [2.75, 3.05) is 0 Å².